The van der Waals surface area contributed by atoms with Crippen molar-refractivity contribution in [2.45, 2.75) is 64.3 Å². The molecule has 0 saturated heterocycles. The summed E-state index contributed by atoms with van der Waals surface area (Å²) in [7, 11) is 0. The molecule has 0 aromatic heterocycles. The molecule has 1 aromatic carbocycles. The van der Waals surface area contributed by atoms with E-state index >= 15 is 0 Å². The predicted molar refractivity (Wildman–Crippen MR) is 86.1 cm³/mol. The van der Waals surface area contributed by atoms with Gasteiger partial charge in [0.2, 0.25) is 0 Å². The molecular formula is C19H25F2NO. The van der Waals surface area contributed by atoms with Crippen LogP contribution in [-0.2, 0) is 0 Å². The van der Waals surface area contributed by atoms with Gasteiger partial charge in [-0.1, -0.05) is 26.7 Å². The molecule has 3 unspecified atom stereocenters. The topological polar surface area (TPSA) is 29.1 Å². The molecule has 2 saturated carbocycles. The van der Waals surface area contributed by atoms with Gasteiger partial charge in [0.15, 0.2) is 0 Å². The second-order valence-electron chi connectivity index (χ2n) is 7.59. The molecule has 4 heteroatoms. The highest BCUT2D eigenvalue weighted by atomic mass is 19.1. The van der Waals surface area contributed by atoms with Gasteiger partial charge in [0.1, 0.15) is 11.6 Å². The molecule has 2 nitrogen and oxygen atoms in total. The Labute approximate surface area is 136 Å². The van der Waals surface area contributed by atoms with E-state index in [2.05, 4.69) is 19.2 Å². The van der Waals surface area contributed by atoms with Crippen molar-refractivity contribution in [2.75, 3.05) is 0 Å². The van der Waals surface area contributed by atoms with Crippen molar-refractivity contribution < 1.29 is 13.6 Å². The van der Waals surface area contributed by atoms with Crippen LogP contribution in [0.3, 0.4) is 0 Å². The van der Waals surface area contributed by atoms with Gasteiger partial charge in [-0.05, 0) is 55.6 Å². The van der Waals surface area contributed by atoms with Gasteiger partial charge in [0, 0.05) is 17.2 Å². The van der Waals surface area contributed by atoms with Gasteiger partial charge in [0.05, 0.1) is 0 Å². The first-order valence-electron chi connectivity index (χ1n) is 8.67. The average molecular weight is 321 g/mol. The first-order valence-corrected chi connectivity index (χ1v) is 8.67. The molecule has 2 aliphatic carbocycles. The summed E-state index contributed by atoms with van der Waals surface area (Å²) in [5.74, 6) is -1.13. The van der Waals surface area contributed by atoms with Crippen LogP contribution >= 0.6 is 0 Å². The largest absolute Gasteiger partial charge is 0.347 e. The van der Waals surface area contributed by atoms with Crippen LogP contribution in [0.2, 0.25) is 0 Å². The number of nitrogens with one attached hydrogen (secondary N) is 1. The van der Waals surface area contributed by atoms with Crippen molar-refractivity contribution in [1.82, 2.24) is 5.32 Å². The number of amides is 1. The summed E-state index contributed by atoms with van der Waals surface area (Å²) in [4.78, 5) is 12.5. The van der Waals surface area contributed by atoms with E-state index in [4.69, 9.17) is 0 Å². The fourth-order valence-corrected chi connectivity index (χ4v) is 4.81. The molecule has 0 heterocycles. The van der Waals surface area contributed by atoms with Crippen LogP contribution in [0.5, 0.6) is 0 Å². The average Bonchev–Trinajstić information content (AvgIpc) is 2.77. The maximum Gasteiger partial charge on any atom is 0.251 e. The molecule has 1 amide bonds. The third kappa shape index (κ3) is 3.00. The first kappa shape index (κ1) is 16.4. The Balaban J connectivity index is 1.78. The molecule has 2 fully saturated rings. The van der Waals surface area contributed by atoms with Gasteiger partial charge in [0.25, 0.3) is 5.91 Å². The summed E-state index contributed by atoms with van der Waals surface area (Å²) in [6.07, 6.45) is 7.57. The molecule has 0 aliphatic heterocycles. The van der Waals surface area contributed by atoms with Gasteiger partial charge in [-0.2, -0.15) is 0 Å². The van der Waals surface area contributed by atoms with E-state index < -0.39 is 11.6 Å². The van der Waals surface area contributed by atoms with Crippen molar-refractivity contribution in [2.24, 2.45) is 11.3 Å². The Morgan fingerprint density at radius 3 is 2.52 bits per heavy atom. The quantitative estimate of drug-likeness (QED) is 0.845. The van der Waals surface area contributed by atoms with E-state index in [1.165, 1.54) is 6.42 Å². The van der Waals surface area contributed by atoms with Crippen molar-refractivity contribution >= 4 is 5.91 Å². The second-order valence-corrected chi connectivity index (χ2v) is 7.59. The SMILES string of the molecule is CCC(C)C12CCCC(NC(=O)c3cc(F)cc(F)c3)(CC1)C2. The first-order chi connectivity index (χ1) is 10.9. The zero-order valence-electron chi connectivity index (χ0n) is 13.9. The lowest BCUT2D eigenvalue weighted by Crippen LogP contribution is -2.49. The lowest BCUT2D eigenvalue weighted by molar-refractivity contribution is 0.0775. The minimum Gasteiger partial charge on any atom is -0.347 e. The second kappa shape index (κ2) is 5.88. The third-order valence-corrected chi connectivity index (χ3v) is 6.28. The third-order valence-electron chi connectivity index (χ3n) is 6.28. The molecule has 1 aromatic rings. The Morgan fingerprint density at radius 2 is 1.87 bits per heavy atom. The number of carbonyl (C=O) groups is 1. The highest BCUT2D eigenvalue weighted by molar-refractivity contribution is 5.94. The Morgan fingerprint density at radius 1 is 1.17 bits per heavy atom. The van der Waals surface area contributed by atoms with Gasteiger partial charge >= 0.3 is 0 Å². The number of hydrogen-bond donors (Lipinski definition) is 1. The Hall–Kier alpha value is -1.45. The van der Waals surface area contributed by atoms with Crippen LogP contribution in [0.25, 0.3) is 0 Å². The lowest BCUT2D eigenvalue weighted by Gasteiger charge is -2.43. The molecule has 23 heavy (non-hydrogen) atoms. The number of halogens is 2. The van der Waals surface area contributed by atoms with Gasteiger partial charge in [-0.25, -0.2) is 8.78 Å². The summed E-state index contributed by atoms with van der Waals surface area (Å²) in [5, 5.41) is 3.13. The van der Waals surface area contributed by atoms with Crippen LogP contribution in [0.4, 0.5) is 8.78 Å². The molecule has 2 bridgehead atoms. The molecule has 3 atom stereocenters. The molecule has 0 spiro atoms. The van der Waals surface area contributed by atoms with E-state index in [1.807, 2.05) is 0 Å². The maximum absolute atomic E-state index is 13.3. The number of hydrogen-bond acceptors (Lipinski definition) is 1. The predicted octanol–water partition coefficient (Wildman–Crippen LogP) is 4.83. The summed E-state index contributed by atoms with van der Waals surface area (Å²) in [6, 6.07) is 3.00. The maximum atomic E-state index is 13.3. The van der Waals surface area contributed by atoms with Crippen molar-refractivity contribution in [3.8, 4) is 0 Å². The molecular weight excluding hydrogens is 296 g/mol. The number of fused-ring (bicyclic) bond motifs is 2. The zero-order valence-corrected chi connectivity index (χ0v) is 13.9. The normalized spacial score (nSPS) is 31.0. The Kier molecular flexibility index (Phi) is 4.19. The minimum absolute atomic E-state index is 0.0727. The van der Waals surface area contributed by atoms with Gasteiger partial charge < -0.3 is 5.32 Å². The standard InChI is InChI=1S/C19H25F2NO/c1-3-13(2)18-5-4-6-19(12-18,8-7-18)22-17(23)14-9-15(20)11-16(21)10-14/h9-11,13H,3-8,12H2,1-2H3,(H,22,23). The molecule has 2 aliphatic rings. The smallest absolute Gasteiger partial charge is 0.251 e. The monoisotopic (exact) mass is 321 g/mol. The van der Waals surface area contributed by atoms with E-state index in [0.29, 0.717) is 11.3 Å². The van der Waals surface area contributed by atoms with Gasteiger partial charge in [-0.3, -0.25) is 4.79 Å². The molecule has 126 valence electrons. The van der Waals surface area contributed by atoms with E-state index in [9.17, 15) is 13.6 Å². The summed E-state index contributed by atoms with van der Waals surface area (Å²) in [5.41, 5.74) is 0.207. The van der Waals surface area contributed by atoms with Crippen LogP contribution < -0.4 is 5.32 Å². The minimum atomic E-state index is -0.711. The van der Waals surface area contributed by atoms with Crippen LogP contribution in [0.15, 0.2) is 18.2 Å². The Bertz CT molecular complexity index is 597. The fourth-order valence-electron chi connectivity index (χ4n) is 4.81. The van der Waals surface area contributed by atoms with Crippen LogP contribution in [0.1, 0.15) is 69.2 Å². The van der Waals surface area contributed by atoms with E-state index in [1.54, 1.807) is 0 Å². The molecule has 1 N–H and O–H groups in total. The summed E-state index contributed by atoms with van der Waals surface area (Å²) >= 11 is 0. The molecule has 0 radical (unpaired) electrons. The van der Waals surface area contributed by atoms with E-state index in [-0.39, 0.29) is 17.0 Å². The molecule has 3 rings (SSSR count). The lowest BCUT2D eigenvalue weighted by atomic mass is 9.65. The van der Waals surface area contributed by atoms with Crippen molar-refractivity contribution in [1.29, 1.82) is 0 Å². The van der Waals surface area contributed by atoms with Crippen molar-refractivity contribution in [3.63, 3.8) is 0 Å². The highest BCUT2D eigenvalue weighted by Crippen LogP contribution is 2.58. The van der Waals surface area contributed by atoms with E-state index in [0.717, 1.165) is 56.7 Å². The summed E-state index contributed by atoms with van der Waals surface area (Å²) in [6.45, 7) is 4.54. The zero-order chi connectivity index (χ0) is 16.7. The highest BCUT2D eigenvalue weighted by Gasteiger charge is 2.53. The van der Waals surface area contributed by atoms with Crippen LogP contribution in [-0.4, -0.2) is 11.4 Å². The van der Waals surface area contributed by atoms with Crippen LogP contribution in [0, 0.1) is 23.0 Å². The van der Waals surface area contributed by atoms with Gasteiger partial charge in [-0.15, -0.1) is 0 Å². The summed E-state index contributed by atoms with van der Waals surface area (Å²) < 4.78 is 26.7. The van der Waals surface area contributed by atoms with Crippen molar-refractivity contribution in [3.05, 3.63) is 35.4 Å². The fraction of sp³-hybridized carbons (Fsp3) is 0.632. The number of benzene rings is 1. The number of rotatable bonds is 4. The number of carbonyl (C=O) groups excluding carboxylic acids is 1.